The third-order valence-electron chi connectivity index (χ3n) is 5.20. The number of hydrogen-bond acceptors (Lipinski definition) is 4. The lowest BCUT2D eigenvalue weighted by molar-refractivity contribution is -0.118. The van der Waals surface area contributed by atoms with E-state index < -0.39 is 0 Å². The van der Waals surface area contributed by atoms with Crippen molar-refractivity contribution >= 4 is 23.4 Å². The van der Waals surface area contributed by atoms with Gasteiger partial charge in [0.25, 0.3) is 0 Å². The molecule has 4 nitrogen and oxygen atoms in total. The summed E-state index contributed by atoms with van der Waals surface area (Å²) in [4.78, 5) is 18.7. The molecule has 24 heavy (non-hydrogen) atoms. The van der Waals surface area contributed by atoms with E-state index in [2.05, 4.69) is 27.3 Å². The van der Waals surface area contributed by atoms with E-state index in [4.69, 9.17) is 0 Å². The Labute approximate surface area is 149 Å². The summed E-state index contributed by atoms with van der Waals surface area (Å²) in [6.07, 6.45) is 9.47. The Hall–Kier alpha value is -1.23. The number of thioether (sulfide) groups is 1. The van der Waals surface area contributed by atoms with Crippen LogP contribution in [-0.4, -0.2) is 41.5 Å². The number of rotatable bonds is 6. The maximum atomic E-state index is 12.0. The Morgan fingerprint density at radius 1 is 1.29 bits per heavy atom. The number of anilines is 1. The maximum absolute atomic E-state index is 12.0. The molecular formula is C19H29N3OS. The van der Waals surface area contributed by atoms with Crippen molar-refractivity contribution in [3.63, 3.8) is 0 Å². The summed E-state index contributed by atoms with van der Waals surface area (Å²) < 4.78 is 0. The lowest BCUT2D eigenvalue weighted by Crippen LogP contribution is -2.39. The Kier molecular flexibility index (Phi) is 6.41. The number of amides is 1. The van der Waals surface area contributed by atoms with E-state index in [1.54, 1.807) is 0 Å². The first-order valence-corrected chi connectivity index (χ1v) is 10.3. The predicted molar refractivity (Wildman–Crippen MR) is 102 cm³/mol. The summed E-state index contributed by atoms with van der Waals surface area (Å²) >= 11 is 1.85. The number of nitrogens with one attached hydrogen (secondary N) is 1. The van der Waals surface area contributed by atoms with Crippen LogP contribution in [0.25, 0.3) is 0 Å². The Morgan fingerprint density at radius 2 is 2.04 bits per heavy atom. The number of carbonyl (C=O) groups is 1. The van der Waals surface area contributed by atoms with Crippen LogP contribution in [0.15, 0.2) is 18.3 Å². The number of pyridine rings is 1. The van der Waals surface area contributed by atoms with Crippen LogP contribution in [0, 0.1) is 12.8 Å². The Morgan fingerprint density at radius 3 is 2.75 bits per heavy atom. The zero-order valence-corrected chi connectivity index (χ0v) is 15.5. The van der Waals surface area contributed by atoms with Crippen molar-refractivity contribution < 1.29 is 4.79 Å². The van der Waals surface area contributed by atoms with Crippen LogP contribution in [0.1, 0.15) is 44.2 Å². The van der Waals surface area contributed by atoms with Crippen molar-refractivity contribution in [3.8, 4) is 0 Å². The first kappa shape index (κ1) is 17.6. The molecule has 0 aromatic carbocycles. The van der Waals surface area contributed by atoms with Crippen LogP contribution in [-0.2, 0) is 4.79 Å². The van der Waals surface area contributed by atoms with Gasteiger partial charge < -0.3 is 10.2 Å². The number of nitrogens with zero attached hydrogens (tertiary/aromatic N) is 2. The zero-order valence-electron chi connectivity index (χ0n) is 14.7. The van der Waals surface area contributed by atoms with Gasteiger partial charge in [-0.3, -0.25) is 9.78 Å². The van der Waals surface area contributed by atoms with E-state index >= 15 is 0 Å². The highest BCUT2D eigenvalue weighted by Crippen LogP contribution is 2.29. The molecule has 2 aliphatic rings. The molecule has 1 aliphatic heterocycles. The summed E-state index contributed by atoms with van der Waals surface area (Å²) in [5, 5.41) is 3.88. The van der Waals surface area contributed by atoms with Crippen LogP contribution in [0.3, 0.4) is 0 Å². The van der Waals surface area contributed by atoms with Crippen molar-refractivity contribution in [2.24, 2.45) is 5.92 Å². The fourth-order valence-electron chi connectivity index (χ4n) is 3.68. The quantitative estimate of drug-likeness (QED) is 0.857. The van der Waals surface area contributed by atoms with Crippen LogP contribution in [0.4, 0.5) is 5.69 Å². The minimum atomic E-state index is 0.221. The first-order valence-electron chi connectivity index (χ1n) is 9.26. The topological polar surface area (TPSA) is 45.2 Å². The van der Waals surface area contributed by atoms with Crippen LogP contribution < -0.4 is 10.2 Å². The summed E-state index contributed by atoms with van der Waals surface area (Å²) in [6, 6.07) is 4.25. The molecule has 1 aromatic rings. The van der Waals surface area contributed by atoms with Gasteiger partial charge in [-0.05, 0) is 50.7 Å². The maximum Gasteiger partial charge on any atom is 0.230 e. The SMILES string of the molecule is Cc1cc(N2CCC(CNC(=O)CSC3CCCC3)CC2)ccn1. The van der Waals surface area contributed by atoms with Crippen molar-refractivity contribution in [1.82, 2.24) is 10.3 Å². The smallest absolute Gasteiger partial charge is 0.230 e. The van der Waals surface area contributed by atoms with Crippen molar-refractivity contribution in [1.29, 1.82) is 0 Å². The highest BCUT2D eigenvalue weighted by atomic mass is 32.2. The number of hydrogen-bond donors (Lipinski definition) is 1. The summed E-state index contributed by atoms with van der Waals surface area (Å²) in [5.74, 6) is 1.48. The summed E-state index contributed by atoms with van der Waals surface area (Å²) in [5.41, 5.74) is 2.35. The molecule has 1 saturated heterocycles. The molecule has 2 fully saturated rings. The molecule has 3 rings (SSSR count). The average Bonchev–Trinajstić information content (AvgIpc) is 3.12. The molecule has 1 N–H and O–H groups in total. The number of piperidine rings is 1. The molecule has 0 spiro atoms. The van der Waals surface area contributed by atoms with Gasteiger partial charge in [-0.25, -0.2) is 0 Å². The van der Waals surface area contributed by atoms with Gasteiger partial charge in [0.2, 0.25) is 5.91 Å². The largest absolute Gasteiger partial charge is 0.371 e. The minimum Gasteiger partial charge on any atom is -0.371 e. The van der Waals surface area contributed by atoms with E-state index in [0.717, 1.165) is 43.4 Å². The van der Waals surface area contributed by atoms with Crippen LogP contribution in [0.5, 0.6) is 0 Å². The van der Waals surface area contributed by atoms with Gasteiger partial charge in [-0.2, -0.15) is 0 Å². The number of carbonyl (C=O) groups excluding carboxylic acids is 1. The molecule has 0 bridgehead atoms. The Bertz CT molecular complexity index is 537. The monoisotopic (exact) mass is 347 g/mol. The number of aryl methyl sites for hydroxylation is 1. The van der Waals surface area contributed by atoms with Gasteiger partial charge in [0, 0.05) is 42.5 Å². The van der Waals surface area contributed by atoms with Gasteiger partial charge in [0.05, 0.1) is 5.75 Å². The van der Waals surface area contributed by atoms with Gasteiger partial charge in [0.15, 0.2) is 0 Å². The fourth-order valence-corrected chi connectivity index (χ4v) is 4.84. The van der Waals surface area contributed by atoms with E-state index in [-0.39, 0.29) is 5.91 Å². The normalized spacial score (nSPS) is 19.6. The van der Waals surface area contributed by atoms with Crippen molar-refractivity contribution in [3.05, 3.63) is 24.0 Å². The van der Waals surface area contributed by atoms with Crippen molar-refractivity contribution in [2.45, 2.75) is 50.7 Å². The lowest BCUT2D eigenvalue weighted by Gasteiger charge is -2.33. The van der Waals surface area contributed by atoms with E-state index in [9.17, 15) is 4.79 Å². The average molecular weight is 348 g/mol. The molecule has 0 unspecified atom stereocenters. The molecule has 1 aromatic heterocycles. The molecule has 1 amide bonds. The van der Waals surface area contributed by atoms with Gasteiger partial charge >= 0.3 is 0 Å². The second kappa shape index (κ2) is 8.75. The van der Waals surface area contributed by atoms with Gasteiger partial charge in [0.1, 0.15) is 0 Å². The second-order valence-electron chi connectivity index (χ2n) is 7.11. The molecular weight excluding hydrogens is 318 g/mol. The summed E-state index contributed by atoms with van der Waals surface area (Å²) in [6.45, 7) is 5.02. The highest BCUT2D eigenvalue weighted by Gasteiger charge is 2.21. The molecule has 0 atom stereocenters. The highest BCUT2D eigenvalue weighted by molar-refractivity contribution is 8.00. The third-order valence-corrected chi connectivity index (χ3v) is 6.57. The fraction of sp³-hybridized carbons (Fsp3) is 0.684. The predicted octanol–water partition coefficient (Wildman–Crippen LogP) is 3.40. The molecule has 0 radical (unpaired) electrons. The lowest BCUT2D eigenvalue weighted by atomic mass is 9.96. The van der Waals surface area contributed by atoms with E-state index in [1.165, 1.54) is 31.4 Å². The van der Waals surface area contributed by atoms with Crippen molar-refractivity contribution in [2.75, 3.05) is 30.3 Å². The van der Waals surface area contributed by atoms with Gasteiger partial charge in [-0.15, -0.1) is 11.8 Å². The molecule has 132 valence electrons. The third kappa shape index (κ3) is 5.13. The van der Waals surface area contributed by atoms with E-state index in [1.807, 2.05) is 24.9 Å². The minimum absolute atomic E-state index is 0.221. The Balaban J connectivity index is 1.34. The van der Waals surface area contributed by atoms with E-state index in [0.29, 0.717) is 11.7 Å². The molecule has 1 saturated carbocycles. The van der Waals surface area contributed by atoms with Crippen LogP contribution in [0.2, 0.25) is 0 Å². The van der Waals surface area contributed by atoms with Crippen LogP contribution >= 0.6 is 11.8 Å². The molecule has 5 heteroatoms. The first-order chi connectivity index (χ1) is 11.7. The molecule has 1 aliphatic carbocycles. The standard InChI is InChI=1S/C19H29N3OS/c1-15-12-17(6-9-20-15)22-10-7-16(8-11-22)13-21-19(23)14-24-18-4-2-3-5-18/h6,9,12,16,18H,2-5,7-8,10-11,13-14H2,1H3,(H,21,23). The second-order valence-corrected chi connectivity index (χ2v) is 8.40. The molecule has 2 heterocycles. The number of aromatic nitrogens is 1. The summed E-state index contributed by atoms with van der Waals surface area (Å²) in [7, 11) is 0. The van der Waals surface area contributed by atoms with Gasteiger partial charge in [-0.1, -0.05) is 12.8 Å². The zero-order chi connectivity index (χ0) is 16.8.